The number of benzene rings is 2. The number of carbonyl (C=O) groups is 3. The number of carboxylic acids is 1. The summed E-state index contributed by atoms with van der Waals surface area (Å²) >= 11 is 1.20. The summed E-state index contributed by atoms with van der Waals surface area (Å²) in [4.78, 5) is 35.7. The number of anilines is 1. The maximum absolute atomic E-state index is 12.4. The minimum absolute atomic E-state index is 0.0631. The Balaban J connectivity index is 1.56. The smallest absolute Gasteiger partial charge is 0.335 e. The minimum atomic E-state index is -1.07. The standard InChI is InChI=1S/C22H23N5O5S/c1-3-27-18(12-23-20(29)14-7-9-17(32-2)10-8-14)25-26-22(27)33-13-19(28)24-16-6-4-5-15(11-16)21(30)31/h4-11H,3,12-13H2,1-2H3,(H,23,29)(H,24,28)(H,30,31). The molecule has 1 aromatic heterocycles. The van der Waals surface area contributed by atoms with Gasteiger partial charge in [-0.1, -0.05) is 17.8 Å². The van der Waals surface area contributed by atoms with Gasteiger partial charge in [0.05, 0.1) is 25.0 Å². The molecule has 0 saturated heterocycles. The van der Waals surface area contributed by atoms with Gasteiger partial charge < -0.3 is 25.0 Å². The maximum Gasteiger partial charge on any atom is 0.335 e. The van der Waals surface area contributed by atoms with Crippen LogP contribution in [0.3, 0.4) is 0 Å². The van der Waals surface area contributed by atoms with E-state index in [4.69, 9.17) is 9.84 Å². The Morgan fingerprint density at radius 3 is 2.52 bits per heavy atom. The van der Waals surface area contributed by atoms with Gasteiger partial charge in [0.15, 0.2) is 11.0 Å². The fraction of sp³-hybridized carbons (Fsp3) is 0.227. The second-order valence-electron chi connectivity index (χ2n) is 6.78. The number of carboxylic acid groups (broad SMARTS) is 1. The number of hydrogen-bond donors (Lipinski definition) is 3. The van der Waals surface area contributed by atoms with Gasteiger partial charge in [-0.25, -0.2) is 4.79 Å². The fourth-order valence-electron chi connectivity index (χ4n) is 2.94. The molecule has 0 fully saturated rings. The molecule has 0 bridgehead atoms. The summed E-state index contributed by atoms with van der Waals surface area (Å²) in [6.45, 7) is 2.66. The number of thioether (sulfide) groups is 1. The second-order valence-corrected chi connectivity index (χ2v) is 7.72. The summed E-state index contributed by atoms with van der Waals surface area (Å²) < 4.78 is 6.91. The van der Waals surface area contributed by atoms with Crippen molar-refractivity contribution in [1.29, 1.82) is 0 Å². The van der Waals surface area contributed by atoms with Gasteiger partial charge >= 0.3 is 5.97 Å². The van der Waals surface area contributed by atoms with Crippen LogP contribution in [0, 0.1) is 0 Å². The third-order valence-electron chi connectivity index (χ3n) is 4.59. The normalized spacial score (nSPS) is 10.5. The zero-order valence-electron chi connectivity index (χ0n) is 18.1. The second kappa shape index (κ2) is 11.1. The van der Waals surface area contributed by atoms with E-state index in [9.17, 15) is 14.4 Å². The molecule has 0 atom stereocenters. The summed E-state index contributed by atoms with van der Waals surface area (Å²) in [6.07, 6.45) is 0. The number of methoxy groups -OCH3 is 1. The number of aromatic carboxylic acids is 1. The van der Waals surface area contributed by atoms with Crippen LogP contribution in [0.5, 0.6) is 5.75 Å². The predicted molar refractivity (Wildman–Crippen MR) is 123 cm³/mol. The van der Waals surface area contributed by atoms with E-state index in [1.807, 2.05) is 11.5 Å². The summed E-state index contributed by atoms with van der Waals surface area (Å²) in [7, 11) is 1.56. The quantitative estimate of drug-likeness (QED) is 0.386. The number of rotatable bonds is 10. The van der Waals surface area contributed by atoms with Crippen LogP contribution in [0.4, 0.5) is 5.69 Å². The number of amides is 2. The van der Waals surface area contributed by atoms with Crippen molar-refractivity contribution < 1.29 is 24.2 Å². The lowest BCUT2D eigenvalue weighted by atomic mass is 10.2. The molecule has 2 aromatic carbocycles. The highest BCUT2D eigenvalue weighted by atomic mass is 32.2. The molecule has 172 valence electrons. The molecule has 3 N–H and O–H groups in total. The average Bonchev–Trinajstić information content (AvgIpc) is 3.23. The Hall–Kier alpha value is -3.86. The van der Waals surface area contributed by atoms with E-state index in [0.29, 0.717) is 34.5 Å². The van der Waals surface area contributed by atoms with Crippen molar-refractivity contribution in [3.63, 3.8) is 0 Å². The Morgan fingerprint density at radius 2 is 1.85 bits per heavy atom. The molecule has 0 saturated carbocycles. The number of hydrogen-bond acceptors (Lipinski definition) is 7. The van der Waals surface area contributed by atoms with Crippen LogP contribution in [0.25, 0.3) is 0 Å². The van der Waals surface area contributed by atoms with Gasteiger partial charge in [-0.2, -0.15) is 0 Å². The molecule has 33 heavy (non-hydrogen) atoms. The molecule has 0 aliphatic rings. The first-order chi connectivity index (χ1) is 15.9. The van der Waals surface area contributed by atoms with Gasteiger partial charge in [-0.15, -0.1) is 10.2 Å². The monoisotopic (exact) mass is 469 g/mol. The highest BCUT2D eigenvalue weighted by Crippen LogP contribution is 2.18. The van der Waals surface area contributed by atoms with Crippen molar-refractivity contribution in [2.45, 2.75) is 25.2 Å². The molecule has 11 heteroatoms. The van der Waals surface area contributed by atoms with Gasteiger partial charge in [-0.3, -0.25) is 9.59 Å². The summed E-state index contributed by atoms with van der Waals surface area (Å²) in [5.41, 5.74) is 0.989. The molecule has 1 heterocycles. The number of aromatic nitrogens is 3. The van der Waals surface area contributed by atoms with E-state index in [-0.39, 0.29) is 29.7 Å². The topological polar surface area (TPSA) is 135 Å². The van der Waals surface area contributed by atoms with Gasteiger partial charge in [0, 0.05) is 17.8 Å². The molecule has 2 amide bonds. The Morgan fingerprint density at radius 1 is 1.09 bits per heavy atom. The third kappa shape index (κ3) is 6.32. The van der Waals surface area contributed by atoms with Crippen molar-refractivity contribution in [2.24, 2.45) is 0 Å². The van der Waals surface area contributed by atoms with Crippen LogP contribution < -0.4 is 15.4 Å². The van der Waals surface area contributed by atoms with Crippen LogP contribution in [0.1, 0.15) is 33.5 Å². The van der Waals surface area contributed by atoms with Crippen LogP contribution in [0.2, 0.25) is 0 Å². The molecule has 0 unspecified atom stereocenters. The van der Waals surface area contributed by atoms with Crippen LogP contribution in [0.15, 0.2) is 53.7 Å². The van der Waals surface area contributed by atoms with E-state index in [1.165, 1.54) is 23.9 Å². The lowest BCUT2D eigenvalue weighted by Gasteiger charge is -2.09. The summed E-state index contributed by atoms with van der Waals surface area (Å²) in [5, 5.41) is 23.3. The van der Waals surface area contributed by atoms with Crippen LogP contribution in [-0.2, 0) is 17.9 Å². The van der Waals surface area contributed by atoms with Gasteiger partial charge in [0.25, 0.3) is 5.91 Å². The van der Waals surface area contributed by atoms with Crippen LogP contribution in [-0.4, -0.2) is 50.5 Å². The SMILES string of the molecule is CCn1c(CNC(=O)c2ccc(OC)cc2)nnc1SCC(=O)Nc1cccc(C(=O)O)c1. The van der Waals surface area contributed by atoms with Crippen molar-refractivity contribution >= 4 is 35.2 Å². The minimum Gasteiger partial charge on any atom is -0.497 e. The number of ether oxygens (including phenoxy) is 1. The third-order valence-corrected chi connectivity index (χ3v) is 5.56. The molecule has 0 spiro atoms. The van der Waals surface area contributed by atoms with E-state index >= 15 is 0 Å². The highest BCUT2D eigenvalue weighted by Gasteiger charge is 2.15. The van der Waals surface area contributed by atoms with Gasteiger partial charge in [-0.05, 0) is 49.4 Å². The molecular weight excluding hydrogens is 446 g/mol. The average molecular weight is 470 g/mol. The number of nitrogens with one attached hydrogen (secondary N) is 2. The molecule has 3 rings (SSSR count). The van der Waals surface area contributed by atoms with Gasteiger partial charge in [0.1, 0.15) is 5.75 Å². The lowest BCUT2D eigenvalue weighted by molar-refractivity contribution is -0.113. The number of carbonyl (C=O) groups excluding carboxylic acids is 2. The summed E-state index contributed by atoms with van der Waals surface area (Å²) in [5.74, 6) is -0.326. The summed E-state index contributed by atoms with van der Waals surface area (Å²) in [6, 6.07) is 12.8. The lowest BCUT2D eigenvalue weighted by Crippen LogP contribution is -2.24. The fourth-order valence-corrected chi connectivity index (χ4v) is 3.76. The van der Waals surface area contributed by atoms with Crippen molar-refractivity contribution in [2.75, 3.05) is 18.2 Å². The van der Waals surface area contributed by atoms with E-state index in [2.05, 4.69) is 20.8 Å². The van der Waals surface area contributed by atoms with Crippen molar-refractivity contribution in [1.82, 2.24) is 20.1 Å². The first-order valence-corrected chi connectivity index (χ1v) is 11.0. The zero-order valence-corrected chi connectivity index (χ0v) is 18.9. The maximum atomic E-state index is 12.4. The molecule has 10 nitrogen and oxygen atoms in total. The Bertz CT molecular complexity index is 1150. The first kappa shape index (κ1) is 23.8. The van der Waals surface area contributed by atoms with E-state index < -0.39 is 5.97 Å². The highest BCUT2D eigenvalue weighted by molar-refractivity contribution is 7.99. The Labute approximate surface area is 194 Å². The number of nitrogens with zero attached hydrogens (tertiary/aromatic N) is 3. The van der Waals surface area contributed by atoms with Crippen molar-refractivity contribution in [3.05, 3.63) is 65.5 Å². The Kier molecular flexibility index (Phi) is 8.03. The van der Waals surface area contributed by atoms with Gasteiger partial charge in [0.2, 0.25) is 5.91 Å². The van der Waals surface area contributed by atoms with E-state index in [0.717, 1.165) is 0 Å². The predicted octanol–water partition coefficient (Wildman–Crippen LogP) is 2.67. The van der Waals surface area contributed by atoms with E-state index in [1.54, 1.807) is 43.5 Å². The van der Waals surface area contributed by atoms with Crippen molar-refractivity contribution in [3.8, 4) is 5.75 Å². The molecular formula is C22H23N5O5S. The zero-order chi connectivity index (χ0) is 23.8. The first-order valence-electron chi connectivity index (χ1n) is 10.0. The molecule has 0 aliphatic carbocycles. The van der Waals surface area contributed by atoms with Crippen LogP contribution >= 0.6 is 11.8 Å². The molecule has 0 radical (unpaired) electrons. The molecule has 3 aromatic rings. The molecule has 0 aliphatic heterocycles. The largest absolute Gasteiger partial charge is 0.497 e.